The van der Waals surface area contributed by atoms with Gasteiger partial charge in [-0.15, -0.1) is 0 Å². The van der Waals surface area contributed by atoms with Crippen molar-refractivity contribution < 1.29 is 14.4 Å². The molecule has 1 aromatic rings. The molecule has 2 saturated heterocycles. The molecular weight excluding hydrogens is 415 g/mol. The average molecular weight is 441 g/mol. The highest BCUT2D eigenvalue weighted by Gasteiger charge is 2.40. The first-order valence-corrected chi connectivity index (χ1v) is 10.6. The fourth-order valence-corrected chi connectivity index (χ4v) is 4.03. The Morgan fingerprint density at radius 3 is 2.41 bits per heavy atom. The molecule has 158 valence electrons. The van der Waals surface area contributed by atoms with Crippen LogP contribution in [0.15, 0.2) is 18.2 Å². The second-order valence-corrected chi connectivity index (χ2v) is 8.57. The van der Waals surface area contributed by atoms with Gasteiger partial charge < -0.3 is 15.1 Å². The molecule has 7 nitrogen and oxygen atoms in total. The molecule has 2 fully saturated rings. The van der Waals surface area contributed by atoms with Crippen LogP contribution in [0.4, 0.5) is 5.69 Å². The topological polar surface area (TPSA) is 73.0 Å². The van der Waals surface area contributed by atoms with E-state index in [4.69, 9.17) is 23.2 Å². The zero-order chi connectivity index (χ0) is 21.1. The summed E-state index contributed by atoms with van der Waals surface area (Å²) in [5, 5.41) is 3.68. The van der Waals surface area contributed by atoms with Crippen molar-refractivity contribution in [3.63, 3.8) is 0 Å². The highest BCUT2D eigenvalue weighted by Crippen LogP contribution is 2.31. The smallest absolute Gasteiger partial charge is 0.239 e. The molecule has 3 amide bonds. The van der Waals surface area contributed by atoms with Crippen molar-refractivity contribution in [2.75, 3.05) is 44.2 Å². The van der Waals surface area contributed by atoms with Crippen molar-refractivity contribution in [1.82, 2.24) is 15.1 Å². The van der Waals surface area contributed by atoms with Crippen LogP contribution in [-0.4, -0.2) is 72.8 Å². The second kappa shape index (κ2) is 9.32. The van der Waals surface area contributed by atoms with Crippen molar-refractivity contribution in [3.8, 4) is 0 Å². The van der Waals surface area contributed by atoms with Gasteiger partial charge in [0.15, 0.2) is 0 Å². The Morgan fingerprint density at radius 1 is 1.10 bits per heavy atom. The lowest BCUT2D eigenvalue weighted by molar-refractivity contribution is -0.141. The lowest BCUT2D eigenvalue weighted by Gasteiger charge is -2.35. The van der Waals surface area contributed by atoms with E-state index in [1.807, 2.05) is 18.7 Å². The van der Waals surface area contributed by atoms with Crippen LogP contribution in [0, 0.1) is 5.92 Å². The molecule has 0 bridgehead atoms. The van der Waals surface area contributed by atoms with Crippen molar-refractivity contribution >= 4 is 46.6 Å². The van der Waals surface area contributed by atoms with Gasteiger partial charge in [-0.05, 0) is 38.5 Å². The first-order valence-electron chi connectivity index (χ1n) is 9.83. The molecule has 2 aliphatic heterocycles. The molecule has 1 atom stereocenters. The summed E-state index contributed by atoms with van der Waals surface area (Å²) in [5.41, 5.74) is 0.653. The van der Waals surface area contributed by atoms with Gasteiger partial charge in [0.05, 0.1) is 16.6 Å². The van der Waals surface area contributed by atoms with Crippen LogP contribution in [-0.2, 0) is 14.4 Å². The first kappa shape index (κ1) is 21.9. The summed E-state index contributed by atoms with van der Waals surface area (Å²) in [4.78, 5) is 43.0. The fraction of sp³-hybridized carbons (Fsp3) is 0.550. The average Bonchev–Trinajstić information content (AvgIpc) is 3.04. The quantitative estimate of drug-likeness (QED) is 0.710. The van der Waals surface area contributed by atoms with Gasteiger partial charge in [-0.1, -0.05) is 23.2 Å². The number of amides is 3. The summed E-state index contributed by atoms with van der Waals surface area (Å²) in [6, 6.07) is 5.14. The Hall–Kier alpha value is -1.83. The summed E-state index contributed by atoms with van der Waals surface area (Å²) >= 11 is 12.0. The Kier molecular flexibility index (Phi) is 7.03. The van der Waals surface area contributed by atoms with E-state index in [2.05, 4.69) is 5.32 Å². The molecule has 0 aromatic heterocycles. The van der Waals surface area contributed by atoms with Crippen LogP contribution in [0.2, 0.25) is 10.0 Å². The summed E-state index contributed by atoms with van der Waals surface area (Å²) in [7, 11) is 0. The summed E-state index contributed by atoms with van der Waals surface area (Å²) in [6.07, 6.45) is 0.481. The molecule has 0 aliphatic carbocycles. The van der Waals surface area contributed by atoms with Gasteiger partial charge in [-0.3, -0.25) is 19.3 Å². The molecular formula is C20H26Cl2N4O3. The standard InChI is InChI=1S/C20H26Cl2N4O3/c1-13(2)23-18(27)12-24-7-9-25(10-8-24)19(28)15-5-6-26(20(15)29)14-3-4-16(21)17(22)11-14/h3-4,11,13,15H,5-10,12H2,1-2H3,(H,23,27). The van der Waals surface area contributed by atoms with Crippen LogP contribution >= 0.6 is 23.2 Å². The van der Waals surface area contributed by atoms with Gasteiger partial charge in [0, 0.05) is 44.5 Å². The lowest BCUT2D eigenvalue weighted by atomic mass is 10.1. The van der Waals surface area contributed by atoms with E-state index in [1.54, 1.807) is 28.0 Å². The Labute approximate surface area is 180 Å². The van der Waals surface area contributed by atoms with Crippen LogP contribution in [0.1, 0.15) is 20.3 Å². The Balaban J connectivity index is 1.54. The molecule has 1 N–H and O–H groups in total. The van der Waals surface area contributed by atoms with E-state index in [9.17, 15) is 14.4 Å². The minimum atomic E-state index is -0.666. The maximum Gasteiger partial charge on any atom is 0.239 e. The summed E-state index contributed by atoms with van der Waals surface area (Å²) < 4.78 is 0. The molecule has 29 heavy (non-hydrogen) atoms. The largest absolute Gasteiger partial charge is 0.353 e. The molecule has 0 spiro atoms. The SMILES string of the molecule is CC(C)NC(=O)CN1CCN(C(=O)C2CCN(c3ccc(Cl)c(Cl)c3)C2=O)CC1. The molecule has 1 aromatic carbocycles. The first-order chi connectivity index (χ1) is 13.8. The number of carbonyl (C=O) groups is 3. The van der Waals surface area contributed by atoms with Gasteiger partial charge in [0.25, 0.3) is 0 Å². The number of nitrogens with zero attached hydrogens (tertiary/aromatic N) is 3. The Morgan fingerprint density at radius 2 is 1.79 bits per heavy atom. The van der Waals surface area contributed by atoms with Crippen molar-refractivity contribution in [1.29, 1.82) is 0 Å². The molecule has 1 unspecified atom stereocenters. The predicted octanol–water partition coefficient (Wildman–Crippen LogP) is 2.02. The zero-order valence-corrected chi connectivity index (χ0v) is 18.2. The Bertz CT molecular complexity index is 794. The molecule has 2 aliphatic rings. The van der Waals surface area contributed by atoms with E-state index in [-0.39, 0.29) is 23.8 Å². The van der Waals surface area contributed by atoms with Crippen molar-refractivity contribution in [2.45, 2.75) is 26.3 Å². The molecule has 0 saturated carbocycles. The molecule has 3 rings (SSSR count). The maximum absolute atomic E-state index is 12.9. The normalized spacial score (nSPS) is 20.4. The van der Waals surface area contributed by atoms with Gasteiger partial charge >= 0.3 is 0 Å². The van der Waals surface area contributed by atoms with Crippen LogP contribution in [0.25, 0.3) is 0 Å². The van der Waals surface area contributed by atoms with Crippen LogP contribution in [0.5, 0.6) is 0 Å². The van der Waals surface area contributed by atoms with E-state index in [1.165, 1.54) is 0 Å². The highest BCUT2D eigenvalue weighted by atomic mass is 35.5. The fourth-order valence-electron chi connectivity index (χ4n) is 3.74. The molecule has 0 radical (unpaired) electrons. The number of hydrogen-bond acceptors (Lipinski definition) is 4. The number of benzene rings is 1. The highest BCUT2D eigenvalue weighted by molar-refractivity contribution is 6.42. The van der Waals surface area contributed by atoms with Gasteiger partial charge in [0.1, 0.15) is 5.92 Å². The monoisotopic (exact) mass is 440 g/mol. The van der Waals surface area contributed by atoms with E-state index in [0.29, 0.717) is 61.4 Å². The predicted molar refractivity (Wildman–Crippen MR) is 113 cm³/mol. The molecule has 9 heteroatoms. The number of carbonyl (C=O) groups excluding carboxylic acids is 3. The van der Waals surface area contributed by atoms with Crippen LogP contribution in [0.3, 0.4) is 0 Å². The zero-order valence-electron chi connectivity index (χ0n) is 16.7. The maximum atomic E-state index is 12.9. The third kappa shape index (κ3) is 5.21. The summed E-state index contributed by atoms with van der Waals surface area (Å²) in [6.45, 7) is 6.93. The van der Waals surface area contributed by atoms with Crippen LogP contribution < -0.4 is 10.2 Å². The number of hydrogen-bond donors (Lipinski definition) is 1. The van der Waals surface area contributed by atoms with Crippen molar-refractivity contribution in [2.24, 2.45) is 5.92 Å². The third-order valence-corrected chi connectivity index (χ3v) is 5.96. The van der Waals surface area contributed by atoms with E-state index >= 15 is 0 Å². The van der Waals surface area contributed by atoms with E-state index in [0.717, 1.165) is 0 Å². The minimum Gasteiger partial charge on any atom is -0.353 e. The number of nitrogens with one attached hydrogen (secondary N) is 1. The third-order valence-electron chi connectivity index (χ3n) is 5.22. The summed E-state index contributed by atoms with van der Waals surface area (Å²) in [5.74, 6) is -1.01. The minimum absolute atomic E-state index is 0.0111. The number of halogens is 2. The van der Waals surface area contributed by atoms with Gasteiger partial charge in [-0.2, -0.15) is 0 Å². The number of piperazine rings is 1. The van der Waals surface area contributed by atoms with Gasteiger partial charge in [0.2, 0.25) is 17.7 Å². The lowest BCUT2D eigenvalue weighted by Crippen LogP contribution is -2.53. The van der Waals surface area contributed by atoms with E-state index < -0.39 is 5.92 Å². The number of rotatable bonds is 5. The number of anilines is 1. The molecule has 2 heterocycles. The van der Waals surface area contributed by atoms with Crippen molar-refractivity contribution in [3.05, 3.63) is 28.2 Å². The van der Waals surface area contributed by atoms with Gasteiger partial charge in [-0.25, -0.2) is 0 Å². The second-order valence-electron chi connectivity index (χ2n) is 7.75.